The van der Waals surface area contributed by atoms with E-state index >= 15 is 0 Å². The standard InChI is InChI=1S/C22H30N2OS/c1-16-17(2)26-21(23-16)18-11-14-24(15-12-18)20(25)10-13-22(3,4)19-8-6-5-7-9-19/h5-9,18H,10-15H2,1-4H3. The van der Waals surface area contributed by atoms with Gasteiger partial charge in [-0.15, -0.1) is 11.3 Å². The lowest BCUT2D eigenvalue weighted by atomic mass is 9.80. The van der Waals surface area contributed by atoms with E-state index < -0.39 is 0 Å². The van der Waals surface area contributed by atoms with Crippen molar-refractivity contribution in [2.45, 2.75) is 64.7 Å². The SMILES string of the molecule is Cc1nc(C2CCN(C(=O)CCC(C)(C)c3ccccc3)CC2)sc1C. The molecule has 1 aliphatic rings. The van der Waals surface area contributed by atoms with E-state index in [1.807, 2.05) is 17.4 Å². The summed E-state index contributed by atoms with van der Waals surface area (Å²) in [5.74, 6) is 0.830. The minimum absolute atomic E-state index is 0.0329. The molecule has 0 atom stereocenters. The van der Waals surface area contributed by atoms with Crippen molar-refractivity contribution in [1.29, 1.82) is 0 Å². The molecule has 1 saturated heterocycles. The number of thiazole rings is 1. The first-order valence-electron chi connectivity index (χ1n) is 9.64. The molecule has 1 aromatic heterocycles. The number of piperidine rings is 1. The van der Waals surface area contributed by atoms with Crippen molar-refractivity contribution in [1.82, 2.24) is 9.88 Å². The van der Waals surface area contributed by atoms with Crippen molar-refractivity contribution < 1.29 is 4.79 Å². The highest BCUT2D eigenvalue weighted by molar-refractivity contribution is 7.11. The van der Waals surface area contributed by atoms with Crippen LogP contribution in [0.25, 0.3) is 0 Å². The molecule has 0 spiro atoms. The maximum absolute atomic E-state index is 12.7. The van der Waals surface area contributed by atoms with Gasteiger partial charge >= 0.3 is 0 Å². The Bertz CT molecular complexity index is 723. The lowest BCUT2D eigenvalue weighted by Gasteiger charge is -2.32. The summed E-state index contributed by atoms with van der Waals surface area (Å²) in [5.41, 5.74) is 2.50. The summed E-state index contributed by atoms with van der Waals surface area (Å²) >= 11 is 1.83. The summed E-state index contributed by atoms with van der Waals surface area (Å²) in [7, 11) is 0. The second-order valence-corrected chi connectivity index (χ2v) is 9.33. The molecule has 0 bridgehead atoms. The number of benzene rings is 1. The highest BCUT2D eigenvalue weighted by Crippen LogP contribution is 2.33. The zero-order valence-corrected chi connectivity index (χ0v) is 17.2. The number of carbonyl (C=O) groups is 1. The van der Waals surface area contributed by atoms with E-state index in [0.717, 1.165) is 38.0 Å². The monoisotopic (exact) mass is 370 g/mol. The smallest absolute Gasteiger partial charge is 0.222 e. The van der Waals surface area contributed by atoms with Gasteiger partial charge < -0.3 is 4.90 Å². The first kappa shape index (κ1) is 19.1. The second-order valence-electron chi connectivity index (χ2n) is 8.10. The third kappa shape index (κ3) is 4.35. The molecule has 140 valence electrons. The van der Waals surface area contributed by atoms with E-state index in [0.29, 0.717) is 18.2 Å². The number of amides is 1. The van der Waals surface area contributed by atoms with Crippen LogP contribution >= 0.6 is 11.3 Å². The first-order valence-corrected chi connectivity index (χ1v) is 10.5. The molecular formula is C22H30N2OS. The van der Waals surface area contributed by atoms with Gasteiger partial charge in [-0.3, -0.25) is 4.79 Å². The molecule has 0 N–H and O–H groups in total. The molecule has 2 aromatic rings. The van der Waals surface area contributed by atoms with Crippen molar-refractivity contribution in [3.05, 3.63) is 51.5 Å². The van der Waals surface area contributed by atoms with E-state index in [9.17, 15) is 4.79 Å². The van der Waals surface area contributed by atoms with Gasteiger partial charge in [-0.1, -0.05) is 44.2 Å². The largest absolute Gasteiger partial charge is 0.343 e. The molecule has 1 amide bonds. The lowest BCUT2D eigenvalue weighted by molar-refractivity contribution is -0.132. The minimum atomic E-state index is 0.0329. The Balaban J connectivity index is 1.51. The van der Waals surface area contributed by atoms with Crippen molar-refractivity contribution in [3.63, 3.8) is 0 Å². The van der Waals surface area contributed by atoms with Gasteiger partial charge in [0.1, 0.15) is 0 Å². The fourth-order valence-corrected chi connectivity index (χ4v) is 4.75. The summed E-state index contributed by atoms with van der Waals surface area (Å²) < 4.78 is 0. The van der Waals surface area contributed by atoms with Crippen molar-refractivity contribution in [2.24, 2.45) is 0 Å². The molecule has 3 nitrogen and oxygen atoms in total. The average molecular weight is 371 g/mol. The molecule has 3 rings (SSSR count). The Labute approximate surface area is 161 Å². The van der Waals surface area contributed by atoms with Crippen LogP contribution in [0, 0.1) is 13.8 Å². The highest BCUT2D eigenvalue weighted by Gasteiger charge is 2.28. The van der Waals surface area contributed by atoms with Crippen LogP contribution in [0.1, 0.15) is 66.6 Å². The summed E-state index contributed by atoms with van der Waals surface area (Å²) in [5, 5.41) is 1.26. The topological polar surface area (TPSA) is 33.2 Å². The molecule has 1 aliphatic heterocycles. The zero-order valence-electron chi connectivity index (χ0n) is 16.4. The van der Waals surface area contributed by atoms with Gasteiger partial charge in [-0.05, 0) is 44.1 Å². The van der Waals surface area contributed by atoms with Gasteiger partial charge in [0.25, 0.3) is 0 Å². The Morgan fingerprint density at radius 1 is 1.19 bits per heavy atom. The summed E-state index contributed by atoms with van der Waals surface area (Å²) in [4.78, 5) is 20.8. The third-order valence-electron chi connectivity index (χ3n) is 5.76. The Morgan fingerprint density at radius 3 is 2.42 bits per heavy atom. The van der Waals surface area contributed by atoms with E-state index in [2.05, 4.69) is 56.9 Å². The van der Waals surface area contributed by atoms with Crippen molar-refractivity contribution in [3.8, 4) is 0 Å². The summed E-state index contributed by atoms with van der Waals surface area (Å²) in [6.07, 6.45) is 3.60. The summed E-state index contributed by atoms with van der Waals surface area (Å²) in [6.45, 7) is 10.4. The van der Waals surface area contributed by atoms with E-state index in [1.165, 1.54) is 15.4 Å². The van der Waals surface area contributed by atoms with Crippen LogP contribution in [-0.2, 0) is 10.2 Å². The third-order valence-corrected chi connectivity index (χ3v) is 7.00. The summed E-state index contributed by atoms with van der Waals surface area (Å²) in [6, 6.07) is 10.5. The van der Waals surface area contributed by atoms with Gasteiger partial charge in [0, 0.05) is 30.3 Å². The molecule has 0 unspecified atom stereocenters. The normalized spacial score (nSPS) is 16.1. The van der Waals surface area contributed by atoms with Crippen molar-refractivity contribution in [2.75, 3.05) is 13.1 Å². The van der Waals surface area contributed by atoms with Crippen LogP contribution in [0.4, 0.5) is 0 Å². The predicted molar refractivity (Wildman–Crippen MR) is 109 cm³/mol. The number of nitrogens with zero attached hydrogens (tertiary/aromatic N) is 2. The quantitative estimate of drug-likeness (QED) is 0.722. The molecule has 26 heavy (non-hydrogen) atoms. The van der Waals surface area contributed by atoms with Crippen LogP contribution in [0.3, 0.4) is 0 Å². The second kappa shape index (κ2) is 7.91. The molecule has 1 fully saturated rings. The average Bonchev–Trinajstić information content (AvgIpc) is 2.99. The molecule has 0 saturated carbocycles. The first-order chi connectivity index (χ1) is 12.4. The Kier molecular flexibility index (Phi) is 5.81. The van der Waals surface area contributed by atoms with Gasteiger partial charge in [0.2, 0.25) is 5.91 Å². The fourth-order valence-electron chi connectivity index (χ4n) is 3.66. The number of likely N-dealkylation sites (tertiary alicyclic amines) is 1. The van der Waals surface area contributed by atoms with Crippen LogP contribution in [0.15, 0.2) is 30.3 Å². The Hall–Kier alpha value is -1.68. The maximum atomic E-state index is 12.7. The molecular weight excluding hydrogens is 340 g/mol. The molecule has 2 heterocycles. The van der Waals surface area contributed by atoms with Crippen molar-refractivity contribution >= 4 is 17.2 Å². The number of rotatable bonds is 5. The van der Waals surface area contributed by atoms with E-state index in [1.54, 1.807) is 0 Å². The molecule has 1 aromatic carbocycles. The number of hydrogen-bond donors (Lipinski definition) is 0. The van der Waals surface area contributed by atoms with Gasteiger partial charge in [0.15, 0.2) is 0 Å². The minimum Gasteiger partial charge on any atom is -0.343 e. The van der Waals surface area contributed by atoms with Crippen LogP contribution in [0.2, 0.25) is 0 Å². The van der Waals surface area contributed by atoms with E-state index in [-0.39, 0.29) is 5.41 Å². The Morgan fingerprint density at radius 2 is 1.85 bits per heavy atom. The molecule has 0 radical (unpaired) electrons. The number of aromatic nitrogens is 1. The maximum Gasteiger partial charge on any atom is 0.222 e. The molecule has 0 aliphatic carbocycles. The van der Waals surface area contributed by atoms with Gasteiger partial charge in [-0.25, -0.2) is 4.98 Å². The van der Waals surface area contributed by atoms with Crippen LogP contribution in [0.5, 0.6) is 0 Å². The highest BCUT2D eigenvalue weighted by atomic mass is 32.1. The molecule has 4 heteroatoms. The number of aryl methyl sites for hydroxylation is 2. The lowest BCUT2D eigenvalue weighted by Crippen LogP contribution is -2.38. The zero-order chi connectivity index (χ0) is 18.7. The predicted octanol–water partition coefficient (Wildman–Crippen LogP) is 5.22. The van der Waals surface area contributed by atoms with Crippen LogP contribution in [-0.4, -0.2) is 28.9 Å². The number of hydrogen-bond acceptors (Lipinski definition) is 3. The van der Waals surface area contributed by atoms with E-state index in [4.69, 9.17) is 4.98 Å². The van der Waals surface area contributed by atoms with Gasteiger partial charge in [0.05, 0.1) is 10.7 Å². The fraction of sp³-hybridized carbons (Fsp3) is 0.545. The van der Waals surface area contributed by atoms with Gasteiger partial charge in [-0.2, -0.15) is 0 Å². The van der Waals surface area contributed by atoms with Crippen LogP contribution < -0.4 is 0 Å². The number of carbonyl (C=O) groups excluding carboxylic acids is 1.